The number of nitrogens with zero attached hydrogens (tertiary/aromatic N) is 2. The Bertz CT molecular complexity index is 266. The molecule has 1 aromatic rings. The summed E-state index contributed by atoms with van der Waals surface area (Å²) < 4.78 is 2.22. The standard InChI is InChI=1S/C12H23N3/c1-4-5-6-7-13-8-12-9-14-10-15(12)11(2)3/h9-11,13H,4-8H2,1-3H3. The highest BCUT2D eigenvalue weighted by molar-refractivity contribution is 4.99. The normalized spacial score (nSPS) is 11.2. The fourth-order valence-corrected chi connectivity index (χ4v) is 1.65. The second-order valence-corrected chi connectivity index (χ2v) is 4.27. The Balaban J connectivity index is 2.28. The van der Waals surface area contributed by atoms with Gasteiger partial charge in [0.25, 0.3) is 0 Å². The van der Waals surface area contributed by atoms with Crippen molar-refractivity contribution in [3.8, 4) is 0 Å². The Hall–Kier alpha value is -0.830. The van der Waals surface area contributed by atoms with E-state index in [1.165, 1.54) is 25.0 Å². The zero-order valence-electron chi connectivity index (χ0n) is 10.2. The van der Waals surface area contributed by atoms with Crippen LogP contribution in [0.2, 0.25) is 0 Å². The van der Waals surface area contributed by atoms with Gasteiger partial charge in [-0.3, -0.25) is 0 Å². The summed E-state index contributed by atoms with van der Waals surface area (Å²) in [4.78, 5) is 4.18. The molecule has 86 valence electrons. The summed E-state index contributed by atoms with van der Waals surface area (Å²) in [5.41, 5.74) is 1.28. The number of aromatic nitrogens is 2. The van der Waals surface area contributed by atoms with E-state index in [1.807, 2.05) is 12.5 Å². The van der Waals surface area contributed by atoms with Gasteiger partial charge < -0.3 is 9.88 Å². The third-order valence-electron chi connectivity index (χ3n) is 2.57. The maximum atomic E-state index is 4.18. The van der Waals surface area contributed by atoms with Crippen molar-refractivity contribution in [2.45, 2.75) is 52.6 Å². The molecule has 0 aliphatic rings. The highest BCUT2D eigenvalue weighted by Crippen LogP contribution is 2.08. The maximum absolute atomic E-state index is 4.18. The number of unbranched alkanes of at least 4 members (excludes halogenated alkanes) is 2. The summed E-state index contributed by atoms with van der Waals surface area (Å²) in [6.07, 6.45) is 7.73. The molecule has 0 atom stereocenters. The van der Waals surface area contributed by atoms with Gasteiger partial charge in [0.15, 0.2) is 0 Å². The van der Waals surface area contributed by atoms with Crippen LogP contribution < -0.4 is 5.32 Å². The lowest BCUT2D eigenvalue weighted by molar-refractivity contribution is 0.542. The number of hydrogen-bond donors (Lipinski definition) is 1. The first-order chi connectivity index (χ1) is 7.25. The SMILES string of the molecule is CCCCCNCc1cncn1C(C)C. The second kappa shape index (κ2) is 6.62. The number of hydrogen-bond acceptors (Lipinski definition) is 2. The fraction of sp³-hybridized carbons (Fsp3) is 0.750. The molecule has 1 heterocycles. The van der Waals surface area contributed by atoms with Crippen molar-refractivity contribution in [3.05, 3.63) is 18.2 Å². The summed E-state index contributed by atoms with van der Waals surface area (Å²) in [5.74, 6) is 0. The molecule has 0 saturated carbocycles. The van der Waals surface area contributed by atoms with Crippen molar-refractivity contribution in [2.75, 3.05) is 6.54 Å². The van der Waals surface area contributed by atoms with Crippen molar-refractivity contribution in [1.29, 1.82) is 0 Å². The quantitative estimate of drug-likeness (QED) is 0.700. The minimum atomic E-state index is 0.500. The van der Waals surface area contributed by atoms with Crippen molar-refractivity contribution >= 4 is 0 Å². The van der Waals surface area contributed by atoms with E-state index < -0.39 is 0 Å². The van der Waals surface area contributed by atoms with Crippen molar-refractivity contribution in [2.24, 2.45) is 0 Å². The first kappa shape index (κ1) is 12.2. The van der Waals surface area contributed by atoms with E-state index in [9.17, 15) is 0 Å². The highest BCUT2D eigenvalue weighted by Gasteiger charge is 2.03. The Morgan fingerprint density at radius 3 is 2.87 bits per heavy atom. The van der Waals surface area contributed by atoms with E-state index in [0.29, 0.717) is 6.04 Å². The number of imidazole rings is 1. The zero-order valence-corrected chi connectivity index (χ0v) is 10.2. The summed E-state index contributed by atoms with van der Waals surface area (Å²) >= 11 is 0. The van der Waals surface area contributed by atoms with Crippen LogP contribution in [0.15, 0.2) is 12.5 Å². The molecule has 0 aliphatic carbocycles. The molecule has 0 bridgehead atoms. The van der Waals surface area contributed by atoms with Crippen molar-refractivity contribution in [1.82, 2.24) is 14.9 Å². The van der Waals surface area contributed by atoms with Crippen LogP contribution in [-0.4, -0.2) is 16.1 Å². The highest BCUT2D eigenvalue weighted by atomic mass is 15.1. The van der Waals surface area contributed by atoms with Crippen LogP contribution in [-0.2, 0) is 6.54 Å². The van der Waals surface area contributed by atoms with E-state index in [0.717, 1.165) is 13.1 Å². The van der Waals surface area contributed by atoms with Crippen LogP contribution in [0.4, 0.5) is 0 Å². The molecule has 15 heavy (non-hydrogen) atoms. The molecule has 0 amide bonds. The van der Waals surface area contributed by atoms with E-state index in [-0.39, 0.29) is 0 Å². The summed E-state index contributed by atoms with van der Waals surface area (Å²) in [7, 11) is 0. The Morgan fingerprint density at radius 2 is 2.20 bits per heavy atom. The van der Waals surface area contributed by atoms with Gasteiger partial charge in [0.2, 0.25) is 0 Å². The predicted molar refractivity (Wildman–Crippen MR) is 63.8 cm³/mol. The molecule has 0 unspecified atom stereocenters. The molecule has 0 saturated heterocycles. The van der Waals surface area contributed by atoms with Crippen LogP contribution in [0.25, 0.3) is 0 Å². The molecule has 1 aromatic heterocycles. The predicted octanol–water partition coefficient (Wildman–Crippen LogP) is 2.74. The van der Waals surface area contributed by atoms with Crippen LogP contribution in [0.3, 0.4) is 0 Å². The summed E-state index contributed by atoms with van der Waals surface area (Å²) in [6, 6.07) is 0.500. The summed E-state index contributed by atoms with van der Waals surface area (Å²) in [6.45, 7) is 8.64. The van der Waals surface area contributed by atoms with Gasteiger partial charge in [-0.1, -0.05) is 19.8 Å². The largest absolute Gasteiger partial charge is 0.331 e. The molecular weight excluding hydrogens is 186 g/mol. The lowest BCUT2D eigenvalue weighted by Crippen LogP contribution is -2.17. The van der Waals surface area contributed by atoms with E-state index in [2.05, 4.69) is 35.6 Å². The first-order valence-electron chi connectivity index (χ1n) is 5.97. The molecule has 0 aromatic carbocycles. The minimum Gasteiger partial charge on any atom is -0.331 e. The molecule has 0 aliphatic heterocycles. The fourth-order valence-electron chi connectivity index (χ4n) is 1.65. The van der Waals surface area contributed by atoms with Crippen molar-refractivity contribution in [3.63, 3.8) is 0 Å². The molecular formula is C12H23N3. The molecule has 0 radical (unpaired) electrons. The van der Waals surface area contributed by atoms with Gasteiger partial charge in [0.1, 0.15) is 0 Å². The number of nitrogens with one attached hydrogen (secondary N) is 1. The molecule has 3 heteroatoms. The van der Waals surface area contributed by atoms with Crippen LogP contribution in [0, 0.1) is 0 Å². The Morgan fingerprint density at radius 1 is 1.40 bits per heavy atom. The average molecular weight is 209 g/mol. The lowest BCUT2D eigenvalue weighted by Gasteiger charge is -2.12. The van der Waals surface area contributed by atoms with Crippen LogP contribution in [0.5, 0.6) is 0 Å². The summed E-state index contributed by atoms with van der Waals surface area (Å²) in [5, 5.41) is 3.46. The Kier molecular flexibility index (Phi) is 5.40. The van der Waals surface area contributed by atoms with E-state index in [1.54, 1.807) is 0 Å². The van der Waals surface area contributed by atoms with Gasteiger partial charge in [-0.2, -0.15) is 0 Å². The Labute approximate surface area is 92.9 Å². The van der Waals surface area contributed by atoms with Gasteiger partial charge >= 0.3 is 0 Å². The van der Waals surface area contributed by atoms with Gasteiger partial charge in [0.05, 0.1) is 12.0 Å². The minimum absolute atomic E-state index is 0.500. The van der Waals surface area contributed by atoms with E-state index in [4.69, 9.17) is 0 Å². The van der Waals surface area contributed by atoms with E-state index >= 15 is 0 Å². The first-order valence-corrected chi connectivity index (χ1v) is 5.97. The molecule has 0 fully saturated rings. The lowest BCUT2D eigenvalue weighted by atomic mass is 10.2. The van der Waals surface area contributed by atoms with Crippen LogP contribution >= 0.6 is 0 Å². The number of rotatable bonds is 7. The second-order valence-electron chi connectivity index (χ2n) is 4.27. The van der Waals surface area contributed by atoms with Crippen LogP contribution in [0.1, 0.15) is 51.8 Å². The molecule has 3 nitrogen and oxygen atoms in total. The van der Waals surface area contributed by atoms with Gasteiger partial charge in [-0.15, -0.1) is 0 Å². The molecule has 1 N–H and O–H groups in total. The topological polar surface area (TPSA) is 29.9 Å². The zero-order chi connectivity index (χ0) is 11.1. The third kappa shape index (κ3) is 4.04. The maximum Gasteiger partial charge on any atom is 0.0951 e. The van der Waals surface area contributed by atoms with Gasteiger partial charge in [-0.05, 0) is 26.8 Å². The van der Waals surface area contributed by atoms with Gasteiger partial charge in [-0.25, -0.2) is 4.98 Å². The molecule has 1 rings (SSSR count). The third-order valence-corrected chi connectivity index (χ3v) is 2.57. The molecule has 0 spiro atoms. The average Bonchev–Trinajstić information content (AvgIpc) is 2.66. The van der Waals surface area contributed by atoms with Crippen molar-refractivity contribution < 1.29 is 0 Å². The monoisotopic (exact) mass is 209 g/mol. The van der Waals surface area contributed by atoms with Gasteiger partial charge in [0, 0.05) is 18.8 Å². The smallest absolute Gasteiger partial charge is 0.0951 e.